The average Bonchev–Trinajstić information content (AvgIpc) is 2.25. The maximum atomic E-state index is 3.93. The van der Waals surface area contributed by atoms with Crippen molar-refractivity contribution in [3.05, 3.63) is 60.2 Å². The van der Waals surface area contributed by atoms with E-state index in [0.717, 1.165) is 18.4 Å². The number of nitrogens with zero attached hydrogens (tertiary/aromatic N) is 1. The number of hydrogen-bond acceptors (Lipinski definition) is 1. The molecule has 0 spiro atoms. The van der Waals surface area contributed by atoms with Crippen LogP contribution in [0.25, 0.3) is 0 Å². The molecule has 0 rings (SSSR count). The van der Waals surface area contributed by atoms with Gasteiger partial charge < -0.3 is 0 Å². The van der Waals surface area contributed by atoms with Crippen LogP contribution in [0.3, 0.4) is 0 Å². The van der Waals surface area contributed by atoms with Crippen molar-refractivity contribution in [3.8, 4) is 0 Å². The standard InChI is InChI=1S/C14H20BN/c1-6-7-12(2)8-9-14(15-4)10-13(3)11-16-5/h6-11,15H,2-3H2,1,4-5H3/b7-6-,9-8-,14-10+,16-11-. The lowest BCUT2D eigenvalue weighted by atomic mass is 9.71. The molecule has 1 nitrogen and oxygen atoms in total. The minimum absolute atomic E-state index is 0.917. The van der Waals surface area contributed by atoms with E-state index in [0.29, 0.717) is 0 Å². The molecule has 0 unspecified atom stereocenters. The lowest BCUT2D eigenvalue weighted by molar-refractivity contribution is 1.47. The molecule has 0 aromatic heterocycles. The Morgan fingerprint density at radius 2 is 1.81 bits per heavy atom. The van der Waals surface area contributed by atoms with Gasteiger partial charge in [-0.05, 0) is 18.1 Å². The average molecular weight is 213 g/mol. The van der Waals surface area contributed by atoms with Gasteiger partial charge in [0.2, 0.25) is 0 Å². The van der Waals surface area contributed by atoms with Gasteiger partial charge in [0.25, 0.3) is 0 Å². The van der Waals surface area contributed by atoms with Gasteiger partial charge in [0, 0.05) is 13.3 Å². The van der Waals surface area contributed by atoms with Crippen LogP contribution in [0.2, 0.25) is 6.82 Å². The molecule has 0 aliphatic rings. The molecule has 0 aromatic carbocycles. The Morgan fingerprint density at radius 3 is 2.31 bits per heavy atom. The third-order valence-electron chi connectivity index (χ3n) is 1.97. The van der Waals surface area contributed by atoms with E-state index in [4.69, 9.17) is 0 Å². The summed E-state index contributed by atoms with van der Waals surface area (Å²) in [7, 11) is 2.71. The Hall–Kier alpha value is -1.57. The fourth-order valence-corrected chi connectivity index (χ4v) is 1.19. The summed E-state index contributed by atoms with van der Waals surface area (Å²) in [5.74, 6) is 0. The van der Waals surface area contributed by atoms with Crippen LogP contribution in [0.15, 0.2) is 65.1 Å². The smallest absolute Gasteiger partial charge is 0.154 e. The Bertz CT molecular complexity index is 357. The highest BCUT2D eigenvalue weighted by molar-refractivity contribution is 6.45. The summed E-state index contributed by atoms with van der Waals surface area (Å²) in [5, 5.41) is 0. The van der Waals surface area contributed by atoms with Crippen LogP contribution < -0.4 is 0 Å². The minimum Gasteiger partial charge on any atom is -0.296 e. The van der Waals surface area contributed by atoms with Crippen LogP contribution in [-0.2, 0) is 0 Å². The quantitative estimate of drug-likeness (QED) is 0.364. The lowest BCUT2D eigenvalue weighted by Gasteiger charge is -1.97. The molecule has 0 amide bonds. The van der Waals surface area contributed by atoms with Crippen molar-refractivity contribution in [1.82, 2.24) is 0 Å². The van der Waals surface area contributed by atoms with Crippen molar-refractivity contribution in [2.75, 3.05) is 7.05 Å². The number of hydrogen-bond donors (Lipinski definition) is 0. The Morgan fingerprint density at radius 1 is 1.12 bits per heavy atom. The molecule has 0 bridgehead atoms. The molecule has 2 heteroatoms. The van der Waals surface area contributed by atoms with Gasteiger partial charge in [0.05, 0.1) is 0 Å². The van der Waals surface area contributed by atoms with Crippen LogP contribution in [0, 0.1) is 0 Å². The maximum Gasteiger partial charge on any atom is 0.154 e. The summed E-state index contributed by atoms with van der Waals surface area (Å²) in [6.07, 6.45) is 11.8. The zero-order valence-electron chi connectivity index (χ0n) is 10.5. The Balaban J connectivity index is 4.63. The number of aliphatic imine (C=N–C) groups is 1. The summed E-state index contributed by atoms with van der Waals surface area (Å²) in [6, 6.07) is 0. The Labute approximate surface area is 99.9 Å². The Kier molecular flexibility index (Phi) is 7.87. The maximum absolute atomic E-state index is 3.93. The summed E-state index contributed by atoms with van der Waals surface area (Å²) >= 11 is 0. The molecule has 0 aliphatic heterocycles. The van der Waals surface area contributed by atoms with Crippen molar-refractivity contribution in [3.63, 3.8) is 0 Å². The normalized spacial score (nSPS) is 12.8. The van der Waals surface area contributed by atoms with E-state index in [-0.39, 0.29) is 0 Å². The molecule has 16 heavy (non-hydrogen) atoms. The third kappa shape index (κ3) is 6.82. The van der Waals surface area contributed by atoms with Crippen LogP contribution in [-0.4, -0.2) is 20.5 Å². The SMILES string of the molecule is C=C(/C=C\C)/C=C\C(BC)=C/C(=C)/C=N\C. The highest BCUT2D eigenvalue weighted by atomic mass is 14.6. The molecule has 0 atom stereocenters. The lowest BCUT2D eigenvalue weighted by Crippen LogP contribution is -1.89. The van der Waals surface area contributed by atoms with Gasteiger partial charge in [-0.2, -0.15) is 0 Å². The summed E-state index contributed by atoms with van der Waals surface area (Å²) in [6.45, 7) is 11.9. The number of allylic oxidation sites excluding steroid dienone is 8. The van der Waals surface area contributed by atoms with Gasteiger partial charge in [0.1, 0.15) is 0 Å². The largest absolute Gasteiger partial charge is 0.296 e. The topological polar surface area (TPSA) is 12.4 Å². The molecule has 0 aromatic rings. The predicted molar refractivity (Wildman–Crippen MR) is 77.7 cm³/mol. The van der Waals surface area contributed by atoms with Crippen LogP contribution in [0.1, 0.15) is 6.92 Å². The number of rotatable bonds is 6. The zero-order chi connectivity index (χ0) is 12.4. The zero-order valence-corrected chi connectivity index (χ0v) is 10.5. The molecule has 0 radical (unpaired) electrons. The van der Waals surface area contributed by atoms with Crippen molar-refractivity contribution < 1.29 is 0 Å². The first-order valence-electron chi connectivity index (χ1n) is 5.45. The molecule has 0 aliphatic carbocycles. The van der Waals surface area contributed by atoms with E-state index in [1.165, 1.54) is 5.47 Å². The van der Waals surface area contributed by atoms with Crippen LogP contribution >= 0.6 is 0 Å². The third-order valence-corrected chi connectivity index (χ3v) is 1.97. The molecule has 0 N–H and O–H groups in total. The fraction of sp³-hybridized carbons (Fsp3) is 0.214. The first-order valence-corrected chi connectivity index (χ1v) is 5.45. The van der Waals surface area contributed by atoms with E-state index in [9.17, 15) is 0 Å². The molecular formula is C14H20BN. The second-order valence-electron chi connectivity index (χ2n) is 3.44. The van der Waals surface area contributed by atoms with Crippen LogP contribution in [0.5, 0.6) is 0 Å². The van der Waals surface area contributed by atoms with Crippen molar-refractivity contribution in [1.29, 1.82) is 0 Å². The first kappa shape index (κ1) is 14.4. The molecular weight excluding hydrogens is 193 g/mol. The highest BCUT2D eigenvalue weighted by Gasteiger charge is 1.91. The van der Waals surface area contributed by atoms with Crippen molar-refractivity contribution in [2.24, 2.45) is 4.99 Å². The van der Waals surface area contributed by atoms with Gasteiger partial charge >= 0.3 is 0 Å². The van der Waals surface area contributed by atoms with E-state index in [2.05, 4.69) is 31.0 Å². The minimum atomic E-state index is 0.917. The van der Waals surface area contributed by atoms with Gasteiger partial charge in [-0.15, -0.1) is 0 Å². The van der Waals surface area contributed by atoms with E-state index in [1.54, 1.807) is 13.3 Å². The van der Waals surface area contributed by atoms with Crippen molar-refractivity contribution >= 4 is 13.5 Å². The molecule has 84 valence electrons. The second-order valence-corrected chi connectivity index (χ2v) is 3.44. The predicted octanol–water partition coefficient (Wildman–Crippen LogP) is 3.30. The summed E-state index contributed by atoms with van der Waals surface area (Å²) in [5.41, 5.74) is 3.13. The van der Waals surface area contributed by atoms with E-state index >= 15 is 0 Å². The van der Waals surface area contributed by atoms with E-state index in [1.807, 2.05) is 31.2 Å². The molecule has 0 saturated heterocycles. The fourth-order valence-electron chi connectivity index (χ4n) is 1.19. The van der Waals surface area contributed by atoms with Gasteiger partial charge in [0.15, 0.2) is 7.28 Å². The first-order chi connectivity index (χ1) is 7.63. The monoisotopic (exact) mass is 213 g/mol. The summed E-state index contributed by atoms with van der Waals surface area (Å²) < 4.78 is 0. The van der Waals surface area contributed by atoms with Crippen LogP contribution in [0.4, 0.5) is 0 Å². The second kappa shape index (κ2) is 8.72. The van der Waals surface area contributed by atoms with Crippen molar-refractivity contribution in [2.45, 2.75) is 13.7 Å². The van der Waals surface area contributed by atoms with E-state index < -0.39 is 0 Å². The van der Waals surface area contributed by atoms with Gasteiger partial charge in [-0.3, -0.25) is 4.99 Å². The molecule has 0 fully saturated rings. The molecule has 0 saturated carbocycles. The highest BCUT2D eigenvalue weighted by Crippen LogP contribution is 2.03. The summed E-state index contributed by atoms with van der Waals surface area (Å²) in [4.78, 5) is 3.93. The molecule has 0 heterocycles. The van der Waals surface area contributed by atoms with Gasteiger partial charge in [-0.25, -0.2) is 0 Å². The van der Waals surface area contributed by atoms with Gasteiger partial charge in [-0.1, -0.05) is 55.8 Å².